The summed E-state index contributed by atoms with van der Waals surface area (Å²) in [4.78, 5) is 37.3. The molecule has 2 aromatic carbocycles. The van der Waals surface area contributed by atoms with Crippen LogP contribution in [0.1, 0.15) is 20.3 Å². The van der Waals surface area contributed by atoms with Crippen LogP contribution in [0.5, 0.6) is 5.75 Å². The number of carbonyl (C=O) groups is 3. The van der Waals surface area contributed by atoms with Crippen LogP contribution in [-0.4, -0.2) is 37.0 Å². The number of urea groups is 1. The molecule has 1 saturated heterocycles. The maximum Gasteiger partial charge on any atom is 0.319 e. The third-order valence-corrected chi connectivity index (χ3v) is 4.38. The molecule has 3 N–H and O–H groups in total. The van der Waals surface area contributed by atoms with E-state index in [4.69, 9.17) is 4.74 Å². The molecule has 0 radical (unpaired) electrons. The van der Waals surface area contributed by atoms with E-state index in [-0.39, 0.29) is 30.3 Å². The molecule has 0 bridgehead atoms. The van der Waals surface area contributed by atoms with Crippen molar-refractivity contribution in [3.63, 3.8) is 0 Å². The van der Waals surface area contributed by atoms with Gasteiger partial charge in [-0.3, -0.25) is 9.59 Å². The molecule has 1 aliphatic rings. The number of ether oxygens (including phenoxy) is 1. The molecule has 1 fully saturated rings. The molecule has 2 aromatic rings. The van der Waals surface area contributed by atoms with E-state index in [9.17, 15) is 14.4 Å². The predicted octanol–water partition coefficient (Wildman–Crippen LogP) is 2.97. The lowest BCUT2D eigenvalue weighted by atomic mass is 10.2. The van der Waals surface area contributed by atoms with Crippen LogP contribution < -0.4 is 25.6 Å². The summed E-state index contributed by atoms with van der Waals surface area (Å²) in [7, 11) is 0. The van der Waals surface area contributed by atoms with E-state index in [0.717, 1.165) is 11.4 Å². The quantitative estimate of drug-likeness (QED) is 0.699. The number of nitrogens with one attached hydrogen (secondary N) is 3. The van der Waals surface area contributed by atoms with Crippen molar-refractivity contribution in [2.45, 2.75) is 26.3 Å². The molecule has 8 nitrogen and oxygen atoms in total. The fraction of sp³-hybridized carbons (Fsp3) is 0.286. The van der Waals surface area contributed by atoms with Crippen LogP contribution in [0, 0.1) is 0 Å². The van der Waals surface area contributed by atoms with Gasteiger partial charge in [-0.2, -0.15) is 0 Å². The van der Waals surface area contributed by atoms with Gasteiger partial charge in [-0.1, -0.05) is 0 Å². The maximum absolute atomic E-state index is 12.3. The molecule has 1 atom stereocenters. The summed E-state index contributed by atoms with van der Waals surface area (Å²) in [6.45, 7) is 4.33. The summed E-state index contributed by atoms with van der Waals surface area (Å²) in [5.74, 6) is 0.548. The SMILES string of the molecule is CCOc1ccc(N2CC(NC(=O)Nc3ccc(NC(C)=O)cc3)CC2=O)cc1. The topological polar surface area (TPSA) is 99.8 Å². The zero-order chi connectivity index (χ0) is 20.8. The normalized spacial score (nSPS) is 15.7. The number of carbonyl (C=O) groups excluding carboxylic acids is 3. The van der Waals surface area contributed by atoms with Crippen LogP contribution in [0.25, 0.3) is 0 Å². The second-order valence-electron chi connectivity index (χ2n) is 6.69. The Balaban J connectivity index is 1.53. The Kier molecular flexibility index (Phi) is 6.33. The number of rotatable bonds is 6. The second kappa shape index (κ2) is 9.09. The highest BCUT2D eigenvalue weighted by Gasteiger charge is 2.31. The Hall–Kier alpha value is -3.55. The van der Waals surface area contributed by atoms with Gasteiger partial charge >= 0.3 is 6.03 Å². The molecule has 0 aliphatic carbocycles. The Bertz CT molecular complexity index is 881. The number of hydrogen-bond acceptors (Lipinski definition) is 4. The van der Waals surface area contributed by atoms with E-state index in [2.05, 4.69) is 16.0 Å². The number of nitrogens with zero attached hydrogens (tertiary/aromatic N) is 1. The molecule has 152 valence electrons. The van der Waals surface area contributed by atoms with Crippen molar-refractivity contribution in [2.24, 2.45) is 0 Å². The van der Waals surface area contributed by atoms with E-state index >= 15 is 0 Å². The highest BCUT2D eigenvalue weighted by atomic mass is 16.5. The van der Waals surface area contributed by atoms with Crippen LogP contribution in [0.4, 0.5) is 21.9 Å². The average Bonchev–Trinajstić information content (AvgIpc) is 3.04. The standard InChI is InChI=1S/C21H24N4O4/c1-3-29-19-10-8-18(9-11-19)25-13-17(12-20(25)27)24-21(28)23-16-6-4-15(5-7-16)22-14(2)26/h4-11,17H,3,12-13H2,1-2H3,(H,22,26)(H2,23,24,28). The summed E-state index contributed by atoms with van der Waals surface area (Å²) >= 11 is 0. The molecule has 0 spiro atoms. The van der Waals surface area contributed by atoms with E-state index in [1.807, 2.05) is 31.2 Å². The van der Waals surface area contributed by atoms with Crippen LogP contribution in [0.15, 0.2) is 48.5 Å². The van der Waals surface area contributed by atoms with Crippen LogP contribution >= 0.6 is 0 Å². The second-order valence-corrected chi connectivity index (χ2v) is 6.69. The molecular weight excluding hydrogens is 372 g/mol. The lowest BCUT2D eigenvalue weighted by Crippen LogP contribution is -2.39. The molecule has 29 heavy (non-hydrogen) atoms. The van der Waals surface area contributed by atoms with E-state index in [1.165, 1.54) is 6.92 Å². The van der Waals surface area contributed by atoms with Gasteiger partial charge in [0.15, 0.2) is 0 Å². The third-order valence-electron chi connectivity index (χ3n) is 4.38. The monoisotopic (exact) mass is 396 g/mol. The lowest BCUT2D eigenvalue weighted by Gasteiger charge is -2.18. The minimum absolute atomic E-state index is 0.0425. The van der Waals surface area contributed by atoms with Gasteiger partial charge in [-0.05, 0) is 55.5 Å². The summed E-state index contributed by atoms with van der Waals surface area (Å²) < 4.78 is 5.42. The van der Waals surface area contributed by atoms with Gasteiger partial charge in [0.25, 0.3) is 0 Å². The first kappa shape index (κ1) is 20.2. The third kappa shape index (κ3) is 5.47. The first-order valence-corrected chi connectivity index (χ1v) is 9.43. The number of benzene rings is 2. The summed E-state index contributed by atoms with van der Waals surface area (Å²) in [5.41, 5.74) is 2.01. The van der Waals surface area contributed by atoms with Gasteiger partial charge in [0.05, 0.1) is 12.6 Å². The summed E-state index contributed by atoms with van der Waals surface area (Å²) in [6, 6.07) is 13.4. The minimum Gasteiger partial charge on any atom is -0.494 e. The average molecular weight is 396 g/mol. The van der Waals surface area contributed by atoms with Gasteiger partial charge in [0, 0.05) is 37.0 Å². The fourth-order valence-corrected chi connectivity index (χ4v) is 3.14. The van der Waals surface area contributed by atoms with E-state index in [0.29, 0.717) is 24.5 Å². The first-order chi connectivity index (χ1) is 13.9. The Morgan fingerprint density at radius 2 is 1.66 bits per heavy atom. The van der Waals surface area contributed by atoms with Crippen molar-refractivity contribution >= 4 is 34.9 Å². The Morgan fingerprint density at radius 3 is 2.24 bits per heavy atom. The van der Waals surface area contributed by atoms with Crippen molar-refractivity contribution < 1.29 is 19.1 Å². The highest BCUT2D eigenvalue weighted by Crippen LogP contribution is 2.24. The Labute approximate surface area is 169 Å². The minimum atomic E-state index is -0.386. The van der Waals surface area contributed by atoms with Gasteiger partial charge < -0.3 is 25.6 Å². The zero-order valence-corrected chi connectivity index (χ0v) is 16.4. The molecule has 1 unspecified atom stereocenters. The Morgan fingerprint density at radius 1 is 1.03 bits per heavy atom. The van der Waals surface area contributed by atoms with Crippen molar-refractivity contribution in [2.75, 3.05) is 28.7 Å². The van der Waals surface area contributed by atoms with E-state index < -0.39 is 0 Å². The molecule has 8 heteroatoms. The number of anilines is 3. The fourth-order valence-electron chi connectivity index (χ4n) is 3.14. The lowest BCUT2D eigenvalue weighted by molar-refractivity contribution is -0.117. The smallest absolute Gasteiger partial charge is 0.319 e. The molecule has 1 aliphatic heterocycles. The van der Waals surface area contributed by atoms with Gasteiger partial charge in [0.2, 0.25) is 11.8 Å². The van der Waals surface area contributed by atoms with Gasteiger partial charge in [-0.15, -0.1) is 0 Å². The molecule has 0 saturated carbocycles. The largest absolute Gasteiger partial charge is 0.494 e. The van der Waals surface area contributed by atoms with Crippen LogP contribution in [-0.2, 0) is 9.59 Å². The van der Waals surface area contributed by atoms with Crippen molar-refractivity contribution in [1.29, 1.82) is 0 Å². The van der Waals surface area contributed by atoms with Gasteiger partial charge in [0.1, 0.15) is 5.75 Å². The predicted molar refractivity (Wildman–Crippen MR) is 111 cm³/mol. The molecular formula is C21H24N4O4. The summed E-state index contributed by atoms with van der Waals surface area (Å²) in [5, 5.41) is 8.22. The van der Waals surface area contributed by atoms with Gasteiger partial charge in [-0.25, -0.2) is 4.79 Å². The highest BCUT2D eigenvalue weighted by molar-refractivity contribution is 5.97. The van der Waals surface area contributed by atoms with Crippen molar-refractivity contribution in [3.05, 3.63) is 48.5 Å². The zero-order valence-electron chi connectivity index (χ0n) is 16.4. The first-order valence-electron chi connectivity index (χ1n) is 9.43. The molecule has 4 amide bonds. The molecule has 1 heterocycles. The summed E-state index contributed by atoms with van der Waals surface area (Å²) in [6.07, 6.45) is 0.238. The molecule has 0 aromatic heterocycles. The van der Waals surface area contributed by atoms with Crippen LogP contribution in [0.3, 0.4) is 0 Å². The van der Waals surface area contributed by atoms with Crippen molar-refractivity contribution in [1.82, 2.24) is 5.32 Å². The number of hydrogen-bond donors (Lipinski definition) is 3. The maximum atomic E-state index is 12.3. The van der Waals surface area contributed by atoms with E-state index in [1.54, 1.807) is 29.2 Å². The number of amides is 4. The van der Waals surface area contributed by atoms with Crippen LogP contribution in [0.2, 0.25) is 0 Å². The molecule has 3 rings (SSSR count). The van der Waals surface area contributed by atoms with Crippen molar-refractivity contribution in [3.8, 4) is 5.75 Å².